The van der Waals surface area contributed by atoms with E-state index in [2.05, 4.69) is 5.32 Å². The van der Waals surface area contributed by atoms with E-state index in [1.54, 1.807) is 30.3 Å². The molecule has 33 heavy (non-hydrogen) atoms. The molecule has 1 heterocycles. The molecule has 3 aromatic rings. The SMILES string of the molecule is CS(=O)(=O)N(CC(=O)NCC1COc2ccccc2O1)c1ccc(Oc2ccccc2)cc1. The Labute approximate surface area is 192 Å². The van der Waals surface area contributed by atoms with E-state index >= 15 is 0 Å². The van der Waals surface area contributed by atoms with Crippen LogP contribution in [0.25, 0.3) is 0 Å². The summed E-state index contributed by atoms with van der Waals surface area (Å²) in [6, 6.07) is 23.0. The molecule has 0 radical (unpaired) electrons. The van der Waals surface area contributed by atoms with E-state index in [9.17, 15) is 13.2 Å². The molecule has 1 atom stereocenters. The number of hydrogen-bond acceptors (Lipinski definition) is 6. The summed E-state index contributed by atoms with van der Waals surface area (Å²) in [5.41, 5.74) is 0.360. The summed E-state index contributed by atoms with van der Waals surface area (Å²) in [5.74, 6) is 2.04. The van der Waals surface area contributed by atoms with Gasteiger partial charge in [-0.1, -0.05) is 30.3 Å². The minimum absolute atomic E-state index is 0.189. The number of para-hydroxylation sites is 3. The molecule has 0 fully saturated rings. The van der Waals surface area contributed by atoms with Gasteiger partial charge in [0.05, 0.1) is 18.5 Å². The van der Waals surface area contributed by atoms with E-state index in [-0.39, 0.29) is 25.8 Å². The number of hydrogen-bond donors (Lipinski definition) is 1. The maximum absolute atomic E-state index is 12.5. The fraction of sp³-hybridized carbons (Fsp3) is 0.208. The molecule has 0 spiro atoms. The Bertz CT molecular complexity index is 1200. The summed E-state index contributed by atoms with van der Waals surface area (Å²) in [7, 11) is -3.69. The second-order valence-corrected chi connectivity index (χ2v) is 9.39. The lowest BCUT2D eigenvalue weighted by atomic mass is 10.2. The third kappa shape index (κ3) is 5.95. The molecule has 1 N–H and O–H groups in total. The number of carbonyl (C=O) groups excluding carboxylic acids is 1. The van der Waals surface area contributed by atoms with E-state index in [0.29, 0.717) is 28.7 Å². The lowest BCUT2D eigenvalue weighted by Crippen LogP contribution is -2.45. The van der Waals surface area contributed by atoms with Crippen molar-refractivity contribution in [2.75, 3.05) is 30.3 Å². The summed E-state index contributed by atoms with van der Waals surface area (Å²) in [6.07, 6.45) is 0.689. The maximum atomic E-state index is 12.5. The monoisotopic (exact) mass is 468 g/mol. The molecule has 3 aromatic carbocycles. The molecule has 1 aliphatic rings. The van der Waals surface area contributed by atoms with Gasteiger partial charge >= 0.3 is 0 Å². The van der Waals surface area contributed by atoms with Gasteiger partial charge in [-0.25, -0.2) is 8.42 Å². The first-order chi connectivity index (χ1) is 15.9. The van der Waals surface area contributed by atoms with Crippen LogP contribution in [0.5, 0.6) is 23.0 Å². The highest BCUT2D eigenvalue weighted by atomic mass is 32.2. The van der Waals surface area contributed by atoms with Gasteiger partial charge in [0.15, 0.2) is 11.5 Å². The molecule has 8 nitrogen and oxygen atoms in total. The van der Waals surface area contributed by atoms with Gasteiger partial charge in [0.25, 0.3) is 0 Å². The van der Waals surface area contributed by atoms with Crippen molar-refractivity contribution in [1.82, 2.24) is 5.32 Å². The standard InChI is InChI=1S/C24H24N2O6S/c1-33(28,29)26(18-11-13-20(14-12-18)31-19-7-3-2-4-8-19)16-24(27)25-15-21-17-30-22-9-5-6-10-23(22)32-21/h2-14,21H,15-17H2,1H3,(H,25,27). The highest BCUT2D eigenvalue weighted by Crippen LogP contribution is 2.30. The number of nitrogens with one attached hydrogen (secondary N) is 1. The van der Waals surface area contributed by atoms with Gasteiger partial charge in [0.2, 0.25) is 15.9 Å². The van der Waals surface area contributed by atoms with Crippen LogP contribution in [0.1, 0.15) is 0 Å². The molecule has 1 aliphatic heterocycles. The van der Waals surface area contributed by atoms with E-state index in [4.69, 9.17) is 14.2 Å². The number of anilines is 1. The fourth-order valence-electron chi connectivity index (χ4n) is 3.28. The van der Waals surface area contributed by atoms with E-state index in [1.807, 2.05) is 48.5 Å². The van der Waals surface area contributed by atoms with Gasteiger partial charge in [-0.2, -0.15) is 0 Å². The van der Waals surface area contributed by atoms with Gasteiger partial charge < -0.3 is 19.5 Å². The number of sulfonamides is 1. The Balaban J connectivity index is 1.36. The number of nitrogens with zero attached hydrogens (tertiary/aromatic N) is 1. The normalized spacial score (nSPS) is 14.9. The zero-order chi connectivity index (χ0) is 23.3. The van der Waals surface area contributed by atoms with E-state index in [1.165, 1.54) is 0 Å². The Kier molecular flexibility index (Phi) is 6.69. The van der Waals surface area contributed by atoms with Gasteiger partial charge in [-0.15, -0.1) is 0 Å². The lowest BCUT2D eigenvalue weighted by Gasteiger charge is -2.27. The predicted octanol–water partition coefficient (Wildman–Crippen LogP) is 3.20. The first kappa shape index (κ1) is 22.5. The molecule has 0 saturated carbocycles. The van der Waals surface area contributed by atoms with Crippen LogP contribution < -0.4 is 23.8 Å². The topological polar surface area (TPSA) is 94.2 Å². The number of benzene rings is 3. The van der Waals surface area contributed by atoms with E-state index in [0.717, 1.165) is 10.6 Å². The summed E-state index contributed by atoms with van der Waals surface area (Å²) >= 11 is 0. The van der Waals surface area contributed by atoms with Crippen molar-refractivity contribution in [2.45, 2.75) is 6.10 Å². The number of amides is 1. The molecule has 0 aliphatic carbocycles. The lowest BCUT2D eigenvalue weighted by molar-refractivity contribution is -0.120. The van der Waals surface area contributed by atoms with Gasteiger partial charge in [0.1, 0.15) is 30.8 Å². The van der Waals surface area contributed by atoms with Crippen molar-refractivity contribution in [3.05, 3.63) is 78.9 Å². The maximum Gasteiger partial charge on any atom is 0.240 e. The fourth-order valence-corrected chi connectivity index (χ4v) is 4.14. The molecule has 4 rings (SSSR count). The van der Waals surface area contributed by atoms with Crippen molar-refractivity contribution >= 4 is 21.6 Å². The molecular weight excluding hydrogens is 444 g/mol. The summed E-state index contributed by atoms with van der Waals surface area (Å²) in [4.78, 5) is 12.5. The van der Waals surface area contributed by atoms with Crippen LogP contribution in [-0.4, -0.2) is 46.4 Å². The Morgan fingerprint density at radius 1 is 0.970 bits per heavy atom. The Morgan fingerprint density at radius 3 is 2.30 bits per heavy atom. The second kappa shape index (κ2) is 9.83. The van der Waals surface area contributed by atoms with Gasteiger partial charge in [-0.05, 0) is 48.5 Å². The van der Waals surface area contributed by atoms with Crippen molar-refractivity contribution in [1.29, 1.82) is 0 Å². The third-order valence-electron chi connectivity index (χ3n) is 4.89. The van der Waals surface area contributed by atoms with Crippen molar-refractivity contribution in [3.8, 4) is 23.0 Å². The molecule has 0 saturated heterocycles. The first-order valence-electron chi connectivity index (χ1n) is 10.3. The van der Waals surface area contributed by atoms with Gasteiger partial charge in [0, 0.05) is 0 Å². The largest absolute Gasteiger partial charge is 0.486 e. The van der Waals surface area contributed by atoms with Gasteiger partial charge in [-0.3, -0.25) is 9.10 Å². The molecule has 9 heteroatoms. The number of rotatable bonds is 8. The highest BCUT2D eigenvalue weighted by Gasteiger charge is 2.24. The summed E-state index contributed by atoms with van der Waals surface area (Å²) < 4.78 is 42.9. The van der Waals surface area contributed by atoms with Crippen LogP contribution >= 0.6 is 0 Å². The van der Waals surface area contributed by atoms with Crippen LogP contribution in [-0.2, 0) is 14.8 Å². The minimum Gasteiger partial charge on any atom is -0.486 e. The average Bonchev–Trinajstić information content (AvgIpc) is 2.82. The zero-order valence-electron chi connectivity index (χ0n) is 18.0. The van der Waals surface area contributed by atoms with Crippen LogP contribution in [0.15, 0.2) is 78.9 Å². The second-order valence-electron chi connectivity index (χ2n) is 7.48. The predicted molar refractivity (Wildman–Crippen MR) is 125 cm³/mol. The van der Waals surface area contributed by atoms with Crippen LogP contribution in [0.3, 0.4) is 0 Å². The zero-order valence-corrected chi connectivity index (χ0v) is 18.8. The van der Waals surface area contributed by atoms with Crippen LogP contribution in [0, 0.1) is 0 Å². The molecule has 0 aromatic heterocycles. The quantitative estimate of drug-likeness (QED) is 0.546. The first-order valence-corrected chi connectivity index (χ1v) is 12.2. The highest BCUT2D eigenvalue weighted by molar-refractivity contribution is 7.92. The molecule has 1 unspecified atom stereocenters. The van der Waals surface area contributed by atoms with Crippen molar-refractivity contribution < 1.29 is 27.4 Å². The molecule has 172 valence electrons. The smallest absolute Gasteiger partial charge is 0.240 e. The van der Waals surface area contributed by atoms with Crippen LogP contribution in [0.2, 0.25) is 0 Å². The van der Waals surface area contributed by atoms with Crippen LogP contribution in [0.4, 0.5) is 5.69 Å². The molecule has 1 amide bonds. The molecular formula is C24H24N2O6S. The third-order valence-corrected chi connectivity index (χ3v) is 6.03. The summed E-state index contributed by atoms with van der Waals surface area (Å²) in [6.45, 7) is 0.118. The summed E-state index contributed by atoms with van der Waals surface area (Å²) in [5, 5.41) is 2.72. The van der Waals surface area contributed by atoms with Crippen molar-refractivity contribution in [2.24, 2.45) is 0 Å². The Morgan fingerprint density at radius 2 is 1.61 bits per heavy atom. The number of ether oxygens (including phenoxy) is 3. The number of fused-ring (bicyclic) bond motifs is 1. The van der Waals surface area contributed by atoms with E-state index < -0.39 is 15.9 Å². The minimum atomic E-state index is -3.69. The molecule has 0 bridgehead atoms. The number of carbonyl (C=O) groups is 1. The average molecular weight is 469 g/mol. The Hall–Kier alpha value is -3.72. The van der Waals surface area contributed by atoms with Crippen molar-refractivity contribution in [3.63, 3.8) is 0 Å².